The molecule has 0 N–H and O–H groups in total. The average Bonchev–Trinajstić information content (AvgIpc) is 3.39. The quantitative estimate of drug-likeness (QED) is 0.0734. The summed E-state index contributed by atoms with van der Waals surface area (Å²) < 4.78 is 73.9. The molecule has 0 bridgehead atoms. The first-order valence-corrected chi connectivity index (χ1v) is 22.7. The first-order chi connectivity index (χ1) is 32.7. The predicted molar refractivity (Wildman–Crippen MR) is 245 cm³/mol. The van der Waals surface area contributed by atoms with Gasteiger partial charge in [0.05, 0.1) is 46.2 Å². The van der Waals surface area contributed by atoms with Crippen molar-refractivity contribution < 1.29 is 52.1 Å². The Bertz CT molecular complexity index is 2170. The maximum Gasteiger partial charge on any atom is 0.187 e. The smallest absolute Gasteiger partial charge is 0.187 e. The fourth-order valence-corrected chi connectivity index (χ4v) is 8.62. The van der Waals surface area contributed by atoms with Gasteiger partial charge in [-0.3, -0.25) is 0 Å². The van der Waals surface area contributed by atoms with Gasteiger partial charge in [-0.25, -0.2) is 0 Å². The molecule has 11 nitrogen and oxygen atoms in total. The van der Waals surface area contributed by atoms with E-state index in [0.717, 1.165) is 33.4 Å². The second kappa shape index (κ2) is 23.6. The molecule has 3 fully saturated rings. The third-order valence-corrected chi connectivity index (χ3v) is 12.0. The minimum absolute atomic E-state index is 0.0168. The van der Waals surface area contributed by atoms with Crippen LogP contribution in [0.15, 0.2) is 182 Å². The first-order valence-electron chi connectivity index (χ1n) is 22.7. The monoisotopic (exact) mass is 894 g/mol. The summed E-state index contributed by atoms with van der Waals surface area (Å²) in [5.74, 6) is 0. The lowest BCUT2D eigenvalue weighted by molar-refractivity contribution is -0.379. The van der Waals surface area contributed by atoms with Crippen molar-refractivity contribution in [1.82, 2.24) is 0 Å². The van der Waals surface area contributed by atoms with Gasteiger partial charge in [0.1, 0.15) is 48.8 Å². The van der Waals surface area contributed by atoms with Crippen LogP contribution in [-0.4, -0.2) is 81.7 Å². The van der Waals surface area contributed by atoms with E-state index in [2.05, 4.69) is 0 Å². The van der Waals surface area contributed by atoms with Crippen LogP contribution in [0, 0.1) is 0 Å². The van der Waals surface area contributed by atoms with Gasteiger partial charge in [-0.05, 0) is 27.8 Å². The Labute approximate surface area is 387 Å². The summed E-state index contributed by atoms with van der Waals surface area (Å²) in [6.45, 7) is 1.76. The van der Waals surface area contributed by atoms with Crippen molar-refractivity contribution in [2.45, 2.75) is 101 Å². The summed E-state index contributed by atoms with van der Waals surface area (Å²) in [6.07, 6.45) is -7.59. The van der Waals surface area contributed by atoms with Crippen LogP contribution in [0.4, 0.5) is 0 Å². The summed E-state index contributed by atoms with van der Waals surface area (Å²) in [6, 6.07) is 60.1. The van der Waals surface area contributed by atoms with Crippen molar-refractivity contribution >= 4 is 0 Å². The molecule has 11 atom stereocenters. The normalized spacial score (nSPS) is 27.5. The van der Waals surface area contributed by atoms with Gasteiger partial charge >= 0.3 is 0 Å². The third kappa shape index (κ3) is 12.1. The number of methoxy groups -OCH3 is 1. The number of benzene rings is 6. The van der Waals surface area contributed by atoms with E-state index in [0.29, 0.717) is 26.4 Å². The van der Waals surface area contributed by atoms with E-state index in [4.69, 9.17) is 52.1 Å². The molecule has 66 heavy (non-hydrogen) atoms. The molecule has 0 radical (unpaired) electrons. The van der Waals surface area contributed by atoms with Gasteiger partial charge in [-0.15, -0.1) is 0 Å². The van der Waals surface area contributed by atoms with E-state index in [9.17, 15) is 0 Å². The molecule has 0 aliphatic carbocycles. The van der Waals surface area contributed by atoms with Crippen LogP contribution < -0.4 is 0 Å². The standard InChI is InChI=1S/C55H58O11/c1-56-54-51(60-35-42-26-14-5-15-27-42)49(58-33-40-22-10-3-11-23-40)47(57-32-39-20-8-2-9-21-39)45(64-54)37-63-55-52(61-36-43-28-16-6-17-29-43)50(59-34-41-24-12-4-13-25-41)48-46(65-55)38-62-53(66-48)44-30-18-7-19-31-44/h2-31,45-55H,32-38H2,1H3/t45-,46-,47-,48-,49+,50+,51-,52-,53?,54+,55+/m1/s1. The average molecular weight is 895 g/mol. The van der Waals surface area contributed by atoms with Crippen molar-refractivity contribution in [1.29, 1.82) is 0 Å². The lowest BCUT2D eigenvalue weighted by Gasteiger charge is -2.49. The minimum Gasteiger partial charge on any atom is -0.368 e. The second-order valence-corrected chi connectivity index (χ2v) is 16.6. The maximum atomic E-state index is 6.92. The molecule has 0 aromatic heterocycles. The van der Waals surface area contributed by atoms with E-state index in [-0.39, 0.29) is 19.8 Å². The van der Waals surface area contributed by atoms with Crippen LogP contribution >= 0.6 is 0 Å². The van der Waals surface area contributed by atoms with Gasteiger partial charge < -0.3 is 52.1 Å². The molecular formula is C55H58O11. The molecule has 6 aromatic carbocycles. The van der Waals surface area contributed by atoms with Crippen molar-refractivity contribution in [2.75, 3.05) is 20.3 Å². The zero-order valence-corrected chi connectivity index (χ0v) is 37.1. The fourth-order valence-electron chi connectivity index (χ4n) is 8.62. The number of hydrogen-bond donors (Lipinski definition) is 0. The third-order valence-electron chi connectivity index (χ3n) is 12.0. The first kappa shape index (κ1) is 46.0. The highest BCUT2D eigenvalue weighted by Gasteiger charge is 2.54. The molecule has 11 heteroatoms. The molecule has 344 valence electrons. The largest absolute Gasteiger partial charge is 0.368 e. The molecule has 9 rings (SSSR count). The molecular weight excluding hydrogens is 837 g/mol. The Morgan fingerprint density at radius 3 is 1.24 bits per heavy atom. The zero-order valence-electron chi connectivity index (χ0n) is 37.1. The van der Waals surface area contributed by atoms with Gasteiger partial charge in [0.25, 0.3) is 0 Å². The molecule has 6 aromatic rings. The Morgan fingerprint density at radius 2 is 0.788 bits per heavy atom. The highest BCUT2D eigenvalue weighted by Crippen LogP contribution is 2.38. The van der Waals surface area contributed by atoms with E-state index < -0.39 is 67.7 Å². The number of ether oxygens (including phenoxy) is 11. The van der Waals surface area contributed by atoms with E-state index in [1.165, 1.54) is 0 Å². The lowest BCUT2D eigenvalue weighted by atomic mass is 9.96. The number of fused-ring (bicyclic) bond motifs is 1. The SMILES string of the molecule is CO[C@H]1O[C@H](CO[C@H]2O[C@@H]3COC(c4ccccc4)O[C@H]3[C@H](OCc3ccccc3)[C@H]2OCc2ccccc2)[C@@H](OCc2ccccc2)[C@H](OCc2ccccc2)[C@H]1OCc1ccccc1. The van der Waals surface area contributed by atoms with E-state index in [1.807, 2.05) is 182 Å². The van der Waals surface area contributed by atoms with Crippen LogP contribution in [0.5, 0.6) is 0 Å². The molecule has 3 saturated heterocycles. The molecule has 3 aliphatic heterocycles. The zero-order chi connectivity index (χ0) is 44.8. The van der Waals surface area contributed by atoms with Crippen molar-refractivity contribution in [3.05, 3.63) is 215 Å². The van der Waals surface area contributed by atoms with Crippen LogP contribution in [0.3, 0.4) is 0 Å². The van der Waals surface area contributed by atoms with E-state index >= 15 is 0 Å². The summed E-state index contributed by atoms with van der Waals surface area (Å²) in [4.78, 5) is 0. The highest BCUT2D eigenvalue weighted by molar-refractivity contribution is 5.19. The summed E-state index contributed by atoms with van der Waals surface area (Å²) in [5, 5.41) is 0. The predicted octanol–water partition coefficient (Wildman–Crippen LogP) is 9.14. The summed E-state index contributed by atoms with van der Waals surface area (Å²) in [5.41, 5.74) is 5.91. The molecule has 1 unspecified atom stereocenters. The molecule has 3 aliphatic rings. The van der Waals surface area contributed by atoms with Crippen molar-refractivity contribution in [3.8, 4) is 0 Å². The van der Waals surface area contributed by atoms with Crippen molar-refractivity contribution in [2.24, 2.45) is 0 Å². The molecule has 0 saturated carbocycles. The maximum absolute atomic E-state index is 6.92. The van der Waals surface area contributed by atoms with Gasteiger partial charge in [-0.1, -0.05) is 182 Å². The Kier molecular flexibility index (Phi) is 16.4. The Balaban J connectivity index is 1.02. The number of hydrogen-bond acceptors (Lipinski definition) is 11. The van der Waals surface area contributed by atoms with E-state index in [1.54, 1.807) is 7.11 Å². The molecule has 0 amide bonds. The highest BCUT2D eigenvalue weighted by atomic mass is 16.8. The van der Waals surface area contributed by atoms with Crippen LogP contribution in [0.2, 0.25) is 0 Å². The fraction of sp³-hybridized carbons (Fsp3) is 0.345. The van der Waals surface area contributed by atoms with Gasteiger partial charge in [-0.2, -0.15) is 0 Å². The van der Waals surface area contributed by atoms with Gasteiger partial charge in [0.2, 0.25) is 0 Å². The van der Waals surface area contributed by atoms with Gasteiger partial charge in [0.15, 0.2) is 18.9 Å². The molecule has 3 heterocycles. The van der Waals surface area contributed by atoms with Crippen LogP contribution in [-0.2, 0) is 85.1 Å². The van der Waals surface area contributed by atoms with Crippen molar-refractivity contribution in [3.63, 3.8) is 0 Å². The number of rotatable bonds is 20. The second-order valence-electron chi connectivity index (χ2n) is 16.6. The summed E-state index contributed by atoms with van der Waals surface area (Å²) in [7, 11) is 1.61. The topological polar surface area (TPSA) is 102 Å². The lowest BCUT2D eigenvalue weighted by Crippen LogP contribution is -2.65. The summed E-state index contributed by atoms with van der Waals surface area (Å²) >= 11 is 0. The van der Waals surface area contributed by atoms with Gasteiger partial charge in [0, 0.05) is 12.7 Å². The minimum atomic E-state index is -0.939. The Morgan fingerprint density at radius 1 is 0.394 bits per heavy atom. The van der Waals surface area contributed by atoms with Crippen LogP contribution in [0.25, 0.3) is 0 Å². The Hall–Kier alpha value is -5.12. The molecule has 0 spiro atoms. The van der Waals surface area contributed by atoms with Crippen LogP contribution in [0.1, 0.15) is 39.7 Å².